The maximum Gasteiger partial charge on any atom is 0.0480 e. The minimum Gasteiger partial charge on any atom is -0.396 e. The third-order valence-corrected chi connectivity index (χ3v) is 4.25. The van der Waals surface area contributed by atoms with E-state index in [9.17, 15) is 5.11 Å². The van der Waals surface area contributed by atoms with Crippen molar-refractivity contribution in [3.8, 4) is 0 Å². The van der Waals surface area contributed by atoms with E-state index in [2.05, 4.69) is 42.1 Å². The maximum atomic E-state index is 9.46. The summed E-state index contributed by atoms with van der Waals surface area (Å²) in [6, 6.07) is 16.3. The van der Waals surface area contributed by atoms with Crippen LogP contribution in [-0.4, -0.2) is 16.3 Å². The second-order valence-electron chi connectivity index (χ2n) is 5.33. The van der Waals surface area contributed by atoms with Crippen LogP contribution >= 0.6 is 11.6 Å². The number of rotatable bonds is 4. The first kappa shape index (κ1) is 14.2. The summed E-state index contributed by atoms with van der Waals surface area (Å²) in [4.78, 5) is 0. The third-order valence-electron chi connectivity index (χ3n) is 3.99. The molecular weight excluding hydrogens is 282 g/mol. The highest BCUT2D eigenvalue weighted by Crippen LogP contribution is 2.34. The molecule has 3 rings (SSSR count). The molecule has 0 aliphatic heterocycles. The number of halogens is 1. The number of hydrogen-bond acceptors (Lipinski definition) is 1. The van der Waals surface area contributed by atoms with Gasteiger partial charge in [0.2, 0.25) is 0 Å². The van der Waals surface area contributed by atoms with Crippen LogP contribution < -0.4 is 0 Å². The summed E-state index contributed by atoms with van der Waals surface area (Å²) in [6.07, 6.45) is 2.87. The van der Waals surface area contributed by atoms with Crippen LogP contribution in [0.4, 0.5) is 0 Å². The van der Waals surface area contributed by atoms with Crippen LogP contribution in [0.15, 0.2) is 54.7 Å². The Balaban J connectivity index is 2.13. The summed E-state index contributed by atoms with van der Waals surface area (Å²) >= 11 is 5.99. The number of aromatic nitrogens is 1. The quantitative estimate of drug-likeness (QED) is 0.761. The van der Waals surface area contributed by atoms with Crippen molar-refractivity contribution in [1.82, 2.24) is 4.57 Å². The lowest BCUT2D eigenvalue weighted by Crippen LogP contribution is -2.03. The van der Waals surface area contributed by atoms with Crippen molar-refractivity contribution in [2.45, 2.75) is 12.3 Å². The fourth-order valence-corrected chi connectivity index (χ4v) is 3.10. The monoisotopic (exact) mass is 299 g/mol. The molecule has 1 unspecified atom stereocenters. The fraction of sp³-hybridized carbons (Fsp3) is 0.222. The Hall–Kier alpha value is -1.77. The molecule has 3 heteroatoms. The van der Waals surface area contributed by atoms with E-state index < -0.39 is 0 Å². The van der Waals surface area contributed by atoms with Gasteiger partial charge in [-0.05, 0) is 35.7 Å². The first-order valence-corrected chi connectivity index (χ1v) is 7.49. The van der Waals surface area contributed by atoms with Crippen molar-refractivity contribution in [2.24, 2.45) is 7.05 Å². The van der Waals surface area contributed by atoms with Crippen LogP contribution in [0.5, 0.6) is 0 Å². The molecule has 0 saturated carbocycles. The summed E-state index contributed by atoms with van der Waals surface area (Å²) in [6.45, 7) is 0.163. The SMILES string of the molecule is Cn1cc(C(CCO)c2ccc(Cl)cc2)c2ccccc21. The Morgan fingerprint density at radius 2 is 1.81 bits per heavy atom. The highest BCUT2D eigenvalue weighted by atomic mass is 35.5. The van der Waals surface area contributed by atoms with Crippen LogP contribution in [-0.2, 0) is 7.05 Å². The van der Waals surface area contributed by atoms with E-state index in [-0.39, 0.29) is 12.5 Å². The Kier molecular flexibility index (Phi) is 4.00. The molecule has 1 N–H and O–H groups in total. The van der Waals surface area contributed by atoms with E-state index in [4.69, 9.17) is 11.6 Å². The predicted molar refractivity (Wildman–Crippen MR) is 87.9 cm³/mol. The van der Waals surface area contributed by atoms with Crippen LogP contribution in [0.1, 0.15) is 23.5 Å². The molecule has 0 radical (unpaired) electrons. The van der Waals surface area contributed by atoms with Crippen LogP contribution in [0.25, 0.3) is 10.9 Å². The van der Waals surface area contributed by atoms with Gasteiger partial charge >= 0.3 is 0 Å². The molecule has 2 nitrogen and oxygen atoms in total. The number of para-hydroxylation sites is 1. The molecule has 0 bridgehead atoms. The van der Waals surface area contributed by atoms with Gasteiger partial charge in [-0.25, -0.2) is 0 Å². The lowest BCUT2D eigenvalue weighted by atomic mass is 9.88. The molecule has 21 heavy (non-hydrogen) atoms. The van der Waals surface area contributed by atoms with Crippen molar-refractivity contribution in [2.75, 3.05) is 6.61 Å². The smallest absolute Gasteiger partial charge is 0.0480 e. The van der Waals surface area contributed by atoms with Crippen molar-refractivity contribution in [3.05, 3.63) is 70.9 Å². The topological polar surface area (TPSA) is 25.2 Å². The van der Waals surface area contributed by atoms with E-state index >= 15 is 0 Å². The van der Waals surface area contributed by atoms with Gasteiger partial charge in [-0.3, -0.25) is 0 Å². The van der Waals surface area contributed by atoms with Crippen LogP contribution in [0.2, 0.25) is 5.02 Å². The minimum atomic E-state index is 0.163. The average Bonchev–Trinajstić information content (AvgIpc) is 2.84. The van der Waals surface area contributed by atoms with Gasteiger partial charge in [-0.1, -0.05) is 41.9 Å². The molecule has 3 aromatic rings. The zero-order chi connectivity index (χ0) is 14.8. The highest BCUT2D eigenvalue weighted by molar-refractivity contribution is 6.30. The maximum absolute atomic E-state index is 9.46. The molecule has 0 aliphatic rings. The van der Waals surface area contributed by atoms with Gasteiger partial charge in [-0.2, -0.15) is 0 Å². The zero-order valence-corrected chi connectivity index (χ0v) is 12.7. The Morgan fingerprint density at radius 3 is 2.52 bits per heavy atom. The number of benzene rings is 2. The molecular formula is C18H18ClNO. The van der Waals surface area contributed by atoms with Crippen molar-refractivity contribution in [1.29, 1.82) is 0 Å². The average molecular weight is 300 g/mol. The van der Waals surface area contributed by atoms with Crippen molar-refractivity contribution in [3.63, 3.8) is 0 Å². The summed E-state index contributed by atoms with van der Waals surface area (Å²) < 4.78 is 2.14. The molecule has 0 fully saturated rings. The number of aliphatic hydroxyl groups is 1. The molecule has 1 aromatic heterocycles. The molecule has 0 saturated heterocycles. The van der Waals surface area contributed by atoms with E-state index in [1.54, 1.807) is 0 Å². The van der Waals surface area contributed by atoms with Gasteiger partial charge in [0, 0.05) is 41.7 Å². The van der Waals surface area contributed by atoms with Crippen LogP contribution in [0.3, 0.4) is 0 Å². The van der Waals surface area contributed by atoms with Gasteiger partial charge in [-0.15, -0.1) is 0 Å². The molecule has 0 aliphatic carbocycles. The molecule has 1 heterocycles. The lowest BCUT2D eigenvalue weighted by molar-refractivity contribution is 0.282. The van der Waals surface area contributed by atoms with E-state index in [1.807, 2.05) is 24.3 Å². The second kappa shape index (κ2) is 5.92. The van der Waals surface area contributed by atoms with E-state index in [0.717, 1.165) is 5.02 Å². The largest absolute Gasteiger partial charge is 0.396 e. The zero-order valence-electron chi connectivity index (χ0n) is 12.0. The molecule has 2 aromatic carbocycles. The fourth-order valence-electron chi connectivity index (χ4n) is 2.98. The number of aliphatic hydroxyl groups excluding tert-OH is 1. The Labute approximate surface area is 129 Å². The van der Waals surface area contributed by atoms with Crippen molar-refractivity contribution >= 4 is 22.5 Å². The summed E-state index contributed by atoms with van der Waals surface area (Å²) in [7, 11) is 2.06. The number of fused-ring (bicyclic) bond motifs is 1. The predicted octanol–water partition coefficient (Wildman–Crippen LogP) is 4.35. The normalized spacial score (nSPS) is 12.7. The number of hydrogen-bond donors (Lipinski definition) is 1. The molecule has 0 spiro atoms. The Morgan fingerprint density at radius 1 is 1.10 bits per heavy atom. The lowest BCUT2D eigenvalue weighted by Gasteiger charge is -2.16. The molecule has 0 amide bonds. The van der Waals surface area contributed by atoms with Gasteiger partial charge < -0.3 is 9.67 Å². The molecule has 1 atom stereocenters. The third kappa shape index (κ3) is 2.69. The second-order valence-corrected chi connectivity index (χ2v) is 5.77. The molecule has 108 valence electrons. The minimum absolute atomic E-state index is 0.163. The van der Waals surface area contributed by atoms with Gasteiger partial charge in [0.25, 0.3) is 0 Å². The van der Waals surface area contributed by atoms with E-state index in [0.29, 0.717) is 6.42 Å². The number of nitrogens with zero attached hydrogens (tertiary/aromatic N) is 1. The first-order valence-electron chi connectivity index (χ1n) is 7.11. The van der Waals surface area contributed by atoms with Gasteiger partial charge in [0.1, 0.15) is 0 Å². The first-order chi connectivity index (χ1) is 10.2. The summed E-state index contributed by atoms with van der Waals surface area (Å²) in [5, 5.41) is 11.4. The van der Waals surface area contributed by atoms with Crippen LogP contribution in [0, 0.1) is 0 Å². The van der Waals surface area contributed by atoms with Gasteiger partial charge in [0.05, 0.1) is 0 Å². The highest BCUT2D eigenvalue weighted by Gasteiger charge is 2.18. The van der Waals surface area contributed by atoms with Crippen molar-refractivity contribution < 1.29 is 5.11 Å². The van der Waals surface area contributed by atoms with E-state index in [1.165, 1.54) is 22.0 Å². The standard InChI is InChI=1S/C18H18ClNO/c1-20-12-17(16-4-2-3-5-18(16)20)15(10-11-21)13-6-8-14(19)9-7-13/h2-9,12,15,21H,10-11H2,1H3. The van der Waals surface area contributed by atoms with Gasteiger partial charge in [0.15, 0.2) is 0 Å². The summed E-state index contributed by atoms with van der Waals surface area (Å²) in [5.41, 5.74) is 3.65. The number of aryl methyl sites for hydroxylation is 1. The Bertz CT molecular complexity index is 746. The summed E-state index contributed by atoms with van der Waals surface area (Å²) in [5.74, 6) is 0.179.